The number of nitrogens with one attached hydrogen (secondary N) is 1. The Morgan fingerprint density at radius 1 is 1.23 bits per heavy atom. The number of thiophene rings is 1. The van der Waals surface area contributed by atoms with E-state index in [-0.39, 0.29) is 5.91 Å². The number of hydrogen-bond donors (Lipinski definition) is 1. The van der Waals surface area contributed by atoms with Crippen molar-refractivity contribution in [2.45, 2.75) is 6.54 Å². The Kier molecular flexibility index (Phi) is 4.46. The number of carbonyl (C=O) groups is 1. The van der Waals surface area contributed by atoms with E-state index in [1.54, 1.807) is 23.6 Å². The van der Waals surface area contributed by atoms with Gasteiger partial charge in [0.1, 0.15) is 0 Å². The molecule has 0 saturated carbocycles. The zero-order chi connectivity index (χ0) is 15.2. The number of nitrogens with zero attached hydrogens (tertiary/aromatic N) is 2. The zero-order valence-corrected chi connectivity index (χ0v) is 12.7. The molecule has 0 bridgehead atoms. The number of amides is 1. The van der Waals surface area contributed by atoms with Crippen LogP contribution in [-0.4, -0.2) is 15.7 Å². The second-order valence-electron chi connectivity index (χ2n) is 4.70. The lowest BCUT2D eigenvalue weighted by atomic mass is 10.1. The van der Waals surface area contributed by atoms with E-state index in [1.807, 2.05) is 64.8 Å². The zero-order valence-electron chi connectivity index (χ0n) is 11.8. The summed E-state index contributed by atoms with van der Waals surface area (Å²) in [7, 11) is 0. The molecule has 0 radical (unpaired) electrons. The van der Waals surface area contributed by atoms with Crippen molar-refractivity contribution in [2.75, 3.05) is 5.32 Å². The fraction of sp³-hybridized carbons (Fsp3) is 0.0588. The van der Waals surface area contributed by atoms with Gasteiger partial charge in [0.25, 0.3) is 0 Å². The molecule has 110 valence electrons. The van der Waals surface area contributed by atoms with Gasteiger partial charge >= 0.3 is 0 Å². The molecule has 0 fully saturated rings. The molecule has 1 amide bonds. The van der Waals surface area contributed by atoms with Crippen molar-refractivity contribution >= 4 is 29.0 Å². The van der Waals surface area contributed by atoms with Gasteiger partial charge in [0, 0.05) is 29.0 Å². The van der Waals surface area contributed by atoms with Crippen molar-refractivity contribution < 1.29 is 4.79 Å². The number of aromatic nitrogens is 2. The maximum Gasteiger partial charge on any atom is 0.248 e. The highest BCUT2D eigenvalue weighted by atomic mass is 32.1. The molecule has 5 heteroatoms. The first kappa shape index (κ1) is 14.3. The second kappa shape index (κ2) is 6.87. The average Bonchev–Trinajstić information content (AvgIpc) is 3.20. The highest BCUT2D eigenvalue weighted by Gasteiger charge is 2.05. The Bertz CT molecular complexity index is 761. The van der Waals surface area contributed by atoms with E-state index in [1.165, 1.54) is 0 Å². The van der Waals surface area contributed by atoms with E-state index in [0.717, 1.165) is 16.1 Å². The molecule has 3 aromatic rings. The molecule has 2 heterocycles. The lowest BCUT2D eigenvalue weighted by molar-refractivity contribution is -0.111. The summed E-state index contributed by atoms with van der Waals surface area (Å²) in [4.78, 5) is 13.1. The van der Waals surface area contributed by atoms with Crippen LogP contribution in [-0.2, 0) is 11.3 Å². The molecule has 0 spiro atoms. The van der Waals surface area contributed by atoms with Gasteiger partial charge < -0.3 is 5.32 Å². The first-order valence-corrected chi connectivity index (χ1v) is 7.77. The molecule has 3 rings (SSSR count). The van der Waals surface area contributed by atoms with Crippen molar-refractivity contribution in [2.24, 2.45) is 0 Å². The predicted octanol–water partition coefficient (Wildman–Crippen LogP) is 3.64. The summed E-state index contributed by atoms with van der Waals surface area (Å²) in [5.41, 5.74) is 1.82. The molecule has 22 heavy (non-hydrogen) atoms. The van der Waals surface area contributed by atoms with E-state index < -0.39 is 0 Å². The van der Waals surface area contributed by atoms with Gasteiger partial charge in [-0.15, -0.1) is 11.3 Å². The molecule has 0 atom stereocenters. The van der Waals surface area contributed by atoms with E-state index in [2.05, 4.69) is 10.4 Å². The van der Waals surface area contributed by atoms with Crippen molar-refractivity contribution in [1.29, 1.82) is 0 Å². The van der Waals surface area contributed by atoms with Crippen LogP contribution >= 0.6 is 11.3 Å². The third kappa shape index (κ3) is 3.71. The summed E-state index contributed by atoms with van der Waals surface area (Å²) < 4.78 is 1.83. The minimum atomic E-state index is -0.138. The molecule has 0 unspecified atom stereocenters. The highest BCUT2D eigenvalue weighted by Crippen LogP contribution is 2.16. The molecular weight excluding hydrogens is 294 g/mol. The first-order valence-electron chi connectivity index (χ1n) is 6.89. The highest BCUT2D eigenvalue weighted by molar-refractivity contribution is 7.10. The number of rotatable bonds is 5. The fourth-order valence-corrected chi connectivity index (χ4v) is 2.68. The Morgan fingerprint density at radius 2 is 2.14 bits per heavy atom. The molecule has 0 aliphatic heterocycles. The van der Waals surface area contributed by atoms with Gasteiger partial charge in [-0.2, -0.15) is 5.10 Å². The van der Waals surface area contributed by atoms with Crippen LogP contribution in [0, 0.1) is 0 Å². The van der Waals surface area contributed by atoms with E-state index >= 15 is 0 Å². The first-order chi connectivity index (χ1) is 10.8. The normalized spacial score (nSPS) is 10.9. The Morgan fingerprint density at radius 3 is 2.91 bits per heavy atom. The van der Waals surface area contributed by atoms with Crippen LogP contribution in [0.4, 0.5) is 5.69 Å². The third-order valence-electron chi connectivity index (χ3n) is 3.11. The van der Waals surface area contributed by atoms with Gasteiger partial charge in [0.15, 0.2) is 0 Å². The summed E-state index contributed by atoms with van der Waals surface area (Å²) in [5.74, 6) is -0.138. The molecular formula is C17H15N3OS. The minimum absolute atomic E-state index is 0.138. The number of para-hydroxylation sites is 1. The number of carbonyl (C=O) groups excluding carboxylic acids is 1. The number of anilines is 1. The van der Waals surface area contributed by atoms with Crippen LogP contribution < -0.4 is 5.32 Å². The molecule has 0 saturated heterocycles. The monoisotopic (exact) mass is 309 g/mol. The van der Waals surface area contributed by atoms with Gasteiger partial charge in [-0.05, 0) is 35.2 Å². The molecule has 4 nitrogen and oxygen atoms in total. The summed E-state index contributed by atoms with van der Waals surface area (Å²) in [5, 5.41) is 9.10. The second-order valence-corrected chi connectivity index (χ2v) is 5.68. The van der Waals surface area contributed by atoms with Crippen molar-refractivity contribution in [3.8, 4) is 0 Å². The Balaban J connectivity index is 1.70. The van der Waals surface area contributed by atoms with E-state index in [4.69, 9.17) is 0 Å². The summed E-state index contributed by atoms with van der Waals surface area (Å²) in [6.45, 7) is 0.623. The molecule has 2 aromatic heterocycles. The topological polar surface area (TPSA) is 46.9 Å². The van der Waals surface area contributed by atoms with Crippen molar-refractivity contribution in [3.63, 3.8) is 0 Å². The SMILES string of the molecule is O=C(C=Cc1cccs1)Nc1ccccc1Cn1cccn1. The standard InChI is InChI=1S/C17H15N3OS/c21-17(9-8-15-6-3-12-22-15)19-16-7-2-1-5-14(16)13-20-11-4-10-18-20/h1-12H,13H2,(H,19,21). The number of benzene rings is 1. The largest absolute Gasteiger partial charge is 0.322 e. The lowest BCUT2D eigenvalue weighted by Crippen LogP contribution is -2.11. The number of hydrogen-bond acceptors (Lipinski definition) is 3. The van der Waals surface area contributed by atoms with Gasteiger partial charge in [-0.25, -0.2) is 0 Å². The quantitative estimate of drug-likeness (QED) is 0.731. The predicted molar refractivity (Wildman–Crippen MR) is 89.8 cm³/mol. The van der Waals surface area contributed by atoms with Crippen LogP contribution in [0.5, 0.6) is 0 Å². The molecule has 1 N–H and O–H groups in total. The van der Waals surface area contributed by atoms with Crippen LogP contribution in [0.15, 0.2) is 66.3 Å². The Hall–Kier alpha value is -2.66. The lowest BCUT2D eigenvalue weighted by Gasteiger charge is -2.09. The van der Waals surface area contributed by atoms with E-state index in [9.17, 15) is 4.79 Å². The maximum absolute atomic E-state index is 12.0. The smallest absolute Gasteiger partial charge is 0.248 e. The molecule has 0 aliphatic rings. The van der Waals surface area contributed by atoms with Crippen LogP contribution in [0.2, 0.25) is 0 Å². The summed E-state index contributed by atoms with van der Waals surface area (Å²) >= 11 is 1.60. The van der Waals surface area contributed by atoms with Crippen molar-refractivity contribution in [1.82, 2.24) is 9.78 Å². The average molecular weight is 309 g/mol. The maximum atomic E-state index is 12.0. The van der Waals surface area contributed by atoms with Crippen LogP contribution in [0.3, 0.4) is 0 Å². The van der Waals surface area contributed by atoms with Gasteiger partial charge in [-0.1, -0.05) is 24.3 Å². The summed E-state index contributed by atoms with van der Waals surface area (Å²) in [6, 6.07) is 13.6. The molecule has 0 aliphatic carbocycles. The van der Waals surface area contributed by atoms with Crippen LogP contribution in [0.1, 0.15) is 10.4 Å². The van der Waals surface area contributed by atoms with Gasteiger partial charge in [0.2, 0.25) is 5.91 Å². The fourth-order valence-electron chi connectivity index (χ4n) is 2.07. The molecule has 1 aromatic carbocycles. The van der Waals surface area contributed by atoms with Crippen LogP contribution in [0.25, 0.3) is 6.08 Å². The summed E-state index contributed by atoms with van der Waals surface area (Å²) in [6.07, 6.45) is 7.01. The third-order valence-corrected chi connectivity index (χ3v) is 3.95. The van der Waals surface area contributed by atoms with Gasteiger partial charge in [-0.3, -0.25) is 9.48 Å². The Labute approximate surface area is 132 Å². The van der Waals surface area contributed by atoms with E-state index in [0.29, 0.717) is 6.54 Å². The van der Waals surface area contributed by atoms with Gasteiger partial charge in [0.05, 0.1) is 6.54 Å². The van der Waals surface area contributed by atoms with Crippen molar-refractivity contribution in [3.05, 3.63) is 76.8 Å². The minimum Gasteiger partial charge on any atom is -0.322 e.